The number of hydrogen-bond acceptors (Lipinski definition) is 2. The van der Waals surface area contributed by atoms with E-state index in [0.29, 0.717) is 0 Å². The highest BCUT2D eigenvalue weighted by Gasteiger charge is 2.15. The number of halogens is 3. The van der Waals surface area contributed by atoms with E-state index in [1.54, 1.807) is 0 Å². The first-order chi connectivity index (χ1) is 7.66. The Hall–Kier alpha value is -0.680. The fourth-order valence-corrected chi connectivity index (χ4v) is 2.14. The lowest BCUT2D eigenvalue weighted by Gasteiger charge is -2.25. The van der Waals surface area contributed by atoms with Gasteiger partial charge in [0, 0.05) is 18.7 Å². The maximum Gasteiger partial charge on any atom is 0.147 e. The van der Waals surface area contributed by atoms with Gasteiger partial charge in [-0.3, -0.25) is 0 Å². The van der Waals surface area contributed by atoms with Gasteiger partial charge in [-0.25, -0.2) is 8.78 Å². The number of hydrogen-bond donors (Lipinski definition) is 2. The summed E-state index contributed by atoms with van der Waals surface area (Å²) < 4.78 is 26.9. The van der Waals surface area contributed by atoms with Crippen LogP contribution >= 0.6 is 15.9 Å². The van der Waals surface area contributed by atoms with Crippen LogP contribution in [0, 0.1) is 11.6 Å². The van der Waals surface area contributed by atoms with Crippen molar-refractivity contribution < 1.29 is 8.78 Å². The molecule has 1 saturated heterocycles. The van der Waals surface area contributed by atoms with Gasteiger partial charge >= 0.3 is 0 Å². The summed E-state index contributed by atoms with van der Waals surface area (Å²) in [6, 6.07) is 2.51. The normalized spacial score (nSPS) is 20.8. The Labute approximate surface area is 102 Å². The molecule has 0 radical (unpaired) electrons. The third-order valence-electron chi connectivity index (χ3n) is 2.67. The average Bonchev–Trinajstić information content (AvgIpc) is 2.27. The first-order valence-corrected chi connectivity index (χ1v) is 6.08. The fourth-order valence-electron chi connectivity index (χ4n) is 1.83. The van der Waals surface area contributed by atoms with E-state index in [1.165, 1.54) is 6.07 Å². The number of anilines is 1. The summed E-state index contributed by atoms with van der Waals surface area (Å²) in [7, 11) is 0. The van der Waals surface area contributed by atoms with Crippen molar-refractivity contribution in [3.05, 3.63) is 28.2 Å². The summed E-state index contributed by atoms with van der Waals surface area (Å²) in [6.45, 7) is 1.78. The SMILES string of the molecule is Fc1cc(NC2CCCNC2)c(F)cc1Br. The Kier molecular flexibility index (Phi) is 3.76. The van der Waals surface area contributed by atoms with Crippen LogP contribution in [0.1, 0.15) is 12.8 Å². The second-order valence-corrected chi connectivity index (χ2v) is 4.79. The first kappa shape index (κ1) is 11.8. The van der Waals surface area contributed by atoms with Gasteiger partial charge in [-0.2, -0.15) is 0 Å². The molecule has 0 bridgehead atoms. The molecular weight excluding hydrogens is 278 g/mol. The second kappa shape index (κ2) is 5.10. The van der Waals surface area contributed by atoms with Crippen LogP contribution in [0.4, 0.5) is 14.5 Å². The molecule has 2 nitrogen and oxygen atoms in total. The van der Waals surface area contributed by atoms with Crippen LogP contribution in [0.3, 0.4) is 0 Å². The van der Waals surface area contributed by atoms with Crippen LogP contribution in [0.25, 0.3) is 0 Å². The summed E-state index contributed by atoms with van der Waals surface area (Å²) in [6.07, 6.45) is 2.03. The molecule has 5 heteroatoms. The molecule has 2 N–H and O–H groups in total. The number of nitrogens with one attached hydrogen (secondary N) is 2. The topological polar surface area (TPSA) is 24.1 Å². The molecule has 1 fully saturated rings. The lowest BCUT2D eigenvalue weighted by Crippen LogP contribution is -2.38. The Balaban J connectivity index is 2.11. The van der Waals surface area contributed by atoms with Crippen molar-refractivity contribution >= 4 is 21.6 Å². The Morgan fingerprint density at radius 3 is 2.81 bits per heavy atom. The van der Waals surface area contributed by atoms with E-state index in [9.17, 15) is 8.78 Å². The van der Waals surface area contributed by atoms with E-state index in [0.717, 1.165) is 32.0 Å². The molecule has 88 valence electrons. The standard InChI is InChI=1S/C11H13BrF2N2/c12-8-4-10(14)11(5-9(8)13)16-7-2-1-3-15-6-7/h4-5,7,15-16H,1-3,6H2. The quantitative estimate of drug-likeness (QED) is 0.819. The predicted molar refractivity (Wildman–Crippen MR) is 63.6 cm³/mol. The second-order valence-electron chi connectivity index (χ2n) is 3.93. The van der Waals surface area contributed by atoms with E-state index in [2.05, 4.69) is 26.6 Å². The molecule has 1 aromatic carbocycles. The summed E-state index contributed by atoms with van der Waals surface area (Å²) in [4.78, 5) is 0. The van der Waals surface area contributed by atoms with E-state index >= 15 is 0 Å². The minimum Gasteiger partial charge on any atom is -0.379 e. The minimum atomic E-state index is -0.451. The summed E-state index contributed by atoms with van der Waals surface area (Å²) >= 11 is 2.95. The van der Waals surface area contributed by atoms with Gasteiger partial charge in [-0.15, -0.1) is 0 Å². The smallest absolute Gasteiger partial charge is 0.147 e. The van der Waals surface area contributed by atoms with E-state index in [-0.39, 0.29) is 16.2 Å². The van der Waals surface area contributed by atoms with Gasteiger partial charge in [0.2, 0.25) is 0 Å². The fraction of sp³-hybridized carbons (Fsp3) is 0.455. The molecule has 2 rings (SSSR count). The maximum absolute atomic E-state index is 13.5. The molecule has 0 aromatic heterocycles. The summed E-state index contributed by atoms with van der Waals surface area (Å²) in [5, 5.41) is 6.23. The van der Waals surface area contributed by atoms with Crippen LogP contribution in [0.5, 0.6) is 0 Å². The molecule has 0 aliphatic carbocycles. The van der Waals surface area contributed by atoms with Crippen molar-refractivity contribution in [2.75, 3.05) is 18.4 Å². The zero-order valence-electron chi connectivity index (χ0n) is 8.69. The van der Waals surface area contributed by atoms with Crippen LogP contribution in [0.15, 0.2) is 16.6 Å². The largest absolute Gasteiger partial charge is 0.379 e. The Bertz CT molecular complexity index is 378. The number of benzene rings is 1. The number of rotatable bonds is 2. The van der Waals surface area contributed by atoms with Crippen molar-refractivity contribution in [2.45, 2.75) is 18.9 Å². The van der Waals surface area contributed by atoms with Gasteiger partial charge in [-0.05, 0) is 41.4 Å². The Morgan fingerprint density at radius 1 is 1.31 bits per heavy atom. The molecule has 16 heavy (non-hydrogen) atoms. The summed E-state index contributed by atoms with van der Waals surface area (Å²) in [5.41, 5.74) is 0.231. The highest BCUT2D eigenvalue weighted by atomic mass is 79.9. The highest BCUT2D eigenvalue weighted by Crippen LogP contribution is 2.24. The maximum atomic E-state index is 13.5. The van der Waals surface area contributed by atoms with E-state index in [4.69, 9.17) is 0 Å². The molecule has 1 unspecified atom stereocenters. The first-order valence-electron chi connectivity index (χ1n) is 5.28. The highest BCUT2D eigenvalue weighted by molar-refractivity contribution is 9.10. The predicted octanol–water partition coefficient (Wildman–Crippen LogP) is 2.89. The molecule has 1 aliphatic rings. The van der Waals surface area contributed by atoms with Crippen molar-refractivity contribution in [1.29, 1.82) is 0 Å². The van der Waals surface area contributed by atoms with Crippen molar-refractivity contribution in [2.24, 2.45) is 0 Å². The molecule has 0 amide bonds. The molecule has 1 heterocycles. The minimum absolute atomic E-state index is 0.150. The van der Waals surface area contributed by atoms with Crippen molar-refractivity contribution in [3.63, 3.8) is 0 Å². The molecule has 1 aromatic rings. The number of piperidine rings is 1. The third-order valence-corrected chi connectivity index (χ3v) is 3.27. The Morgan fingerprint density at radius 2 is 2.12 bits per heavy atom. The van der Waals surface area contributed by atoms with Gasteiger partial charge in [0.25, 0.3) is 0 Å². The molecule has 1 atom stereocenters. The van der Waals surface area contributed by atoms with Gasteiger partial charge in [0.1, 0.15) is 11.6 Å². The van der Waals surface area contributed by atoms with Crippen molar-refractivity contribution in [1.82, 2.24) is 5.32 Å². The van der Waals surface area contributed by atoms with E-state index < -0.39 is 11.6 Å². The van der Waals surface area contributed by atoms with Gasteiger partial charge in [0.05, 0.1) is 10.2 Å². The van der Waals surface area contributed by atoms with Gasteiger partial charge in [0.15, 0.2) is 0 Å². The molecule has 0 spiro atoms. The van der Waals surface area contributed by atoms with Gasteiger partial charge < -0.3 is 10.6 Å². The van der Waals surface area contributed by atoms with Crippen LogP contribution in [0.2, 0.25) is 0 Å². The molecule has 1 aliphatic heterocycles. The summed E-state index contributed by atoms with van der Waals surface area (Å²) in [5.74, 6) is -0.883. The van der Waals surface area contributed by atoms with E-state index in [1.807, 2.05) is 0 Å². The van der Waals surface area contributed by atoms with Gasteiger partial charge in [-0.1, -0.05) is 0 Å². The zero-order chi connectivity index (χ0) is 11.5. The lowest BCUT2D eigenvalue weighted by molar-refractivity contribution is 0.477. The van der Waals surface area contributed by atoms with Crippen LogP contribution in [-0.2, 0) is 0 Å². The van der Waals surface area contributed by atoms with Crippen LogP contribution in [-0.4, -0.2) is 19.1 Å². The van der Waals surface area contributed by atoms with Crippen LogP contribution < -0.4 is 10.6 Å². The average molecular weight is 291 g/mol. The zero-order valence-corrected chi connectivity index (χ0v) is 10.3. The molecular formula is C11H13BrF2N2. The third kappa shape index (κ3) is 2.71. The van der Waals surface area contributed by atoms with Crippen molar-refractivity contribution in [3.8, 4) is 0 Å². The monoisotopic (exact) mass is 290 g/mol. The lowest BCUT2D eigenvalue weighted by atomic mass is 10.1. The molecule has 0 saturated carbocycles.